The summed E-state index contributed by atoms with van der Waals surface area (Å²) in [5.41, 5.74) is 3.50. The van der Waals surface area contributed by atoms with E-state index in [9.17, 15) is 4.79 Å². The zero-order valence-corrected chi connectivity index (χ0v) is 11.4. The van der Waals surface area contributed by atoms with E-state index in [1.807, 2.05) is 38.1 Å². The monoisotopic (exact) mass is 255 g/mol. The molecule has 1 aromatic heterocycles. The van der Waals surface area contributed by atoms with Crippen LogP contribution in [0.2, 0.25) is 0 Å². The topological polar surface area (TPSA) is 46.1 Å². The molecule has 19 heavy (non-hydrogen) atoms. The van der Waals surface area contributed by atoms with E-state index in [2.05, 4.69) is 9.97 Å². The van der Waals surface area contributed by atoms with E-state index in [1.165, 1.54) is 11.8 Å². The lowest BCUT2D eigenvalue weighted by Gasteiger charge is -2.17. The van der Waals surface area contributed by atoms with Crippen molar-refractivity contribution in [3.05, 3.63) is 59.2 Å². The van der Waals surface area contributed by atoms with Gasteiger partial charge in [-0.05, 0) is 25.0 Å². The normalized spacial score (nSPS) is 10.3. The SMILES string of the molecule is Cc1cnc(C(=O)N(C)Cc2ccccc2C)cn1. The molecule has 2 rings (SSSR count). The lowest BCUT2D eigenvalue weighted by Crippen LogP contribution is -2.27. The Kier molecular flexibility index (Phi) is 3.90. The molecule has 0 fully saturated rings. The second-order valence-electron chi connectivity index (χ2n) is 4.63. The van der Waals surface area contributed by atoms with Gasteiger partial charge in [-0.15, -0.1) is 0 Å². The number of carbonyl (C=O) groups excluding carboxylic acids is 1. The van der Waals surface area contributed by atoms with Crippen molar-refractivity contribution in [2.45, 2.75) is 20.4 Å². The molecule has 0 unspecified atom stereocenters. The fraction of sp³-hybridized carbons (Fsp3) is 0.267. The van der Waals surface area contributed by atoms with E-state index < -0.39 is 0 Å². The molecule has 1 amide bonds. The van der Waals surface area contributed by atoms with Gasteiger partial charge in [0.2, 0.25) is 0 Å². The van der Waals surface area contributed by atoms with Crippen LogP contribution in [0.3, 0.4) is 0 Å². The fourth-order valence-corrected chi connectivity index (χ4v) is 1.81. The third-order valence-corrected chi connectivity index (χ3v) is 3.02. The van der Waals surface area contributed by atoms with Gasteiger partial charge in [-0.3, -0.25) is 9.78 Å². The molecule has 1 heterocycles. The third kappa shape index (κ3) is 3.16. The molecule has 0 saturated carbocycles. The molecule has 4 heteroatoms. The van der Waals surface area contributed by atoms with E-state index in [4.69, 9.17) is 0 Å². The Balaban J connectivity index is 2.12. The van der Waals surface area contributed by atoms with Gasteiger partial charge in [-0.2, -0.15) is 0 Å². The van der Waals surface area contributed by atoms with Crippen LogP contribution in [0.25, 0.3) is 0 Å². The lowest BCUT2D eigenvalue weighted by atomic mass is 10.1. The highest BCUT2D eigenvalue weighted by atomic mass is 16.2. The van der Waals surface area contributed by atoms with Gasteiger partial charge >= 0.3 is 0 Å². The number of hydrogen-bond donors (Lipinski definition) is 0. The van der Waals surface area contributed by atoms with Gasteiger partial charge in [0, 0.05) is 19.8 Å². The molecule has 0 atom stereocenters. The molecule has 2 aromatic rings. The van der Waals surface area contributed by atoms with E-state index in [0.717, 1.165) is 11.3 Å². The van der Waals surface area contributed by atoms with Crippen LogP contribution in [0.1, 0.15) is 27.3 Å². The molecule has 0 N–H and O–H groups in total. The van der Waals surface area contributed by atoms with E-state index in [0.29, 0.717) is 12.2 Å². The number of nitrogens with zero attached hydrogens (tertiary/aromatic N) is 3. The molecule has 0 aliphatic carbocycles. The Morgan fingerprint density at radius 3 is 2.53 bits per heavy atom. The molecule has 0 spiro atoms. The van der Waals surface area contributed by atoms with Crippen LogP contribution in [-0.2, 0) is 6.54 Å². The highest BCUT2D eigenvalue weighted by Gasteiger charge is 2.14. The van der Waals surface area contributed by atoms with E-state index in [1.54, 1.807) is 18.1 Å². The molecule has 0 aliphatic heterocycles. The van der Waals surface area contributed by atoms with Gasteiger partial charge in [-0.25, -0.2) is 4.98 Å². The first-order valence-electron chi connectivity index (χ1n) is 6.16. The summed E-state index contributed by atoms with van der Waals surface area (Å²) < 4.78 is 0. The highest BCUT2D eigenvalue weighted by Crippen LogP contribution is 2.11. The summed E-state index contributed by atoms with van der Waals surface area (Å²) in [7, 11) is 1.77. The van der Waals surface area contributed by atoms with Gasteiger partial charge in [0.05, 0.1) is 11.9 Å². The fourth-order valence-electron chi connectivity index (χ4n) is 1.81. The van der Waals surface area contributed by atoms with Gasteiger partial charge in [-0.1, -0.05) is 24.3 Å². The number of carbonyl (C=O) groups is 1. The summed E-state index contributed by atoms with van der Waals surface area (Å²) in [6.45, 7) is 4.46. The van der Waals surface area contributed by atoms with Crippen LogP contribution in [-0.4, -0.2) is 27.8 Å². The summed E-state index contributed by atoms with van der Waals surface area (Å²) in [5, 5.41) is 0. The standard InChI is InChI=1S/C15H17N3O/c1-11-6-4-5-7-13(11)10-18(3)15(19)14-9-16-12(2)8-17-14/h4-9H,10H2,1-3H3. The van der Waals surface area contributed by atoms with Crippen molar-refractivity contribution >= 4 is 5.91 Å². The highest BCUT2D eigenvalue weighted by molar-refractivity contribution is 5.91. The van der Waals surface area contributed by atoms with Gasteiger partial charge in [0.1, 0.15) is 5.69 Å². The summed E-state index contributed by atoms with van der Waals surface area (Å²) >= 11 is 0. The predicted molar refractivity (Wildman–Crippen MR) is 73.7 cm³/mol. The Morgan fingerprint density at radius 2 is 1.89 bits per heavy atom. The first-order chi connectivity index (χ1) is 9.08. The van der Waals surface area contributed by atoms with Crippen molar-refractivity contribution in [3.63, 3.8) is 0 Å². The third-order valence-electron chi connectivity index (χ3n) is 3.02. The van der Waals surface area contributed by atoms with Crippen molar-refractivity contribution in [1.82, 2.24) is 14.9 Å². The zero-order chi connectivity index (χ0) is 13.8. The Morgan fingerprint density at radius 1 is 1.16 bits per heavy atom. The van der Waals surface area contributed by atoms with Crippen molar-refractivity contribution in [2.24, 2.45) is 0 Å². The van der Waals surface area contributed by atoms with Crippen molar-refractivity contribution in [1.29, 1.82) is 0 Å². The number of benzene rings is 1. The largest absolute Gasteiger partial charge is 0.336 e. The number of amides is 1. The quantitative estimate of drug-likeness (QED) is 0.845. The van der Waals surface area contributed by atoms with Crippen LogP contribution >= 0.6 is 0 Å². The summed E-state index contributed by atoms with van der Waals surface area (Å²) in [6.07, 6.45) is 3.13. The maximum absolute atomic E-state index is 12.2. The first kappa shape index (κ1) is 13.2. The average Bonchev–Trinajstić information content (AvgIpc) is 2.41. The summed E-state index contributed by atoms with van der Waals surface area (Å²) in [6, 6.07) is 8.04. The molecule has 0 aliphatic rings. The molecule has 98 valence electrons. The van der Waals surface area contributed by atoms with Crippen LogP contribution in [0.5, 0.6) is 0 Å². The van der Waals surface area contributed by atoms with E-state index >= 15 is 0 Å². The number of aromatic nitrogens is 2. The van der Waals surface area contributed by atoms with E-state index in [-0.39, 0.29) is 5.91 Å². The van der Waals surface area contributed by atoms with Crippen LogP contribution in [0.4, 0.5) is 0 Å². The number of aryl methyl sites for hydroxylation is 2. The number of hydrogen-bond acceptors (Lipinski definition) is 3. The van der Waals surface area contributed by atoms with Gasteiger partial charge in [0.25, 0.3) is 5.91 Å². The molecule has 1 aromatic carbocycles. The molecular formula is C15H17N3O. The zero-order valence-electron chi connectivity index (χ0n) is 11.4. The van der Waals surface area contributed by atoms with Gasteiger partial charge in [0.15, 0.2) is 0 Å². The Bertz CT molecular complexity index is 578. The van der Waals surface area contributed by atoms with Crippen LogP contribution < -0.4 is 0 Å². The molecule has 0 bridgehead atoms. The smallest absolute Gasteiger partial charge is 0.274 e. The van der Waals surface area contributed by atoms with Crippen molar-refractivity contribution < 1.29 is 4.79 Å². The predicted octanol–water partition coefficient (Wildman–Crippen LogP) is 2.37. The summed E-state index contributed by atoms with van der Waals surface area (Å²) in [5.74, 6) is -0.115. The van der Waals surface area contributed by atoms with Crippen LogP contribution in [0, 0.1) is 13.8 Å². The first-order valence-corrected chi connectivity index (χ1v) is 6.16. The second kappa shape index (κ2) is 5.61. The minimum Gasteiger partial charge on any atom is -0.336 e. The molecular weight excluding hydrogens is 238 g/mol. The molecule has 4 nitrogen and oxygen atoms in total. The maximum Gasteiger partial charge on any atom is 0.274 e. The molecule has 0 radical (unpaired) electrons. The minimum atomic E-state index is -0.115. The number of rotatable bonds is 3. The average molecular weight is 255 g/mol. The van der Waals surface area contributed by atoms with Crippen LogP contribution in [0.15, 0.2) is 36.7 Å². The molecule has 0 saturated heterocycles. The van der Waals surface area contributed by atoms with Gasteiger partial charge < -0.3 is 4.90 Å². The Hall–Kier alpha value is -2.23. The Labute approximate surface area is 113 Å². The summed E-state index contributed by atoms with van der Waals surface area (Å²) in [4.78, 5) is 22.1. The van der Waals surface area contributed by atoms with Crippen molar-refractivity contribution in [2.75, 3.05) is 7.05 Å². The minimum absolute atomic E-state index is 0.115. The maximum atomic E-state index is 12.2. The lowest BCUT2D eigenvalue weighted by molar-refractivity contribution is 0.0778. The second-order valence-corrected chi connectivity index (χ2v) is 4.63. The van der Waals surface area contributed by atoms with Crippen molar-refractivity contribution in [3.8, 4) is 0 Å².